The van der Waals surface area contributed by atoms with Crippen LogP contribution >= 0.6 is 0 Å². The number of hydrogen-bond acceptors (Lipinski definition) is 8. The van der Waals surface area contributed by atoms with Gasteiger partial charge in [-0.15, -0.1) is 0 Å². The van der Waals surface area contributed by atoms with E-state index in [1.807, 2.05) is 78.3 Å². The first-order valence-corrected chi connectivity index (χ1v) is 11.9. The number of aromatic nitrogens is 6. The normalized spacial score (nSPS) is 12.0. The van der Waals surface area contributed by atoms with E-state index in [1.165, 1.54) is 6.33 Å². The minimum absolute atomic E-state index is 0.285. The number of nitrogens with zero attached hydrogens (tertiary/aromatic N) is 7. The Morgan fingerprint density at radius 3 is 2.41 bits per heavy atom. The number of ether oxygens (including phenoxy) is 2. The van der Waals surface area contributed by atoms with Gasteiger partial charge in [0.05, 0.1) is 56.3 Å². The smallest absolute Gasteiger partial charge is 0.138 e. The Morgan fingerprint density at radius 2 is 1.76 bits per heavy atom. The molecule has 0 radical (unpaired) electrons. The summed E-state index contributed by atoms with van der Waals surface area (Å²) < 4.78 is 14.7. The highest BCUT2D eigenvalue weighted by Crippen LogP contribution is 2.34. The molecule has 3 heterocycles. The number of aryl methyl sites for hydroxylation is 2. The molecule has 1 atom stereocenters. The summed E-state index contributed by atoms with van der Waals surface area (Å²) in [4.78, 5) is 15.7. The highest BCUT2D eigenvalue weighted by Gasteiger charge is 2.19. The van der Waals surface area contributed by atoms with Crippen molar-refractivity contribution < 1.29 is 14.6 Å². The molecule has 0 saturated carbocycles. The number of benzene rings is 2. The Morgan fingerprint density at radius 1 is 0.973 bits per heavy atom. The molecule has 190 valence electrons. The van der Waals surface area contributed by atoms with E-state index in [0.29, 0.717) is 18.0 Å². The van der Waals surface area contributed by atoms with Crippen molar-refractivity contribution in [1.82, 2.24) is 29.3 Å². The summed E-state index contributed by atoms with van der Waals surface area (Å²) in [6.45, 7) is 2.44. The maximum absolute atomic E-state index is 11.1. The molecule has 0 aliphatic heterocycles. The van der Waals surface area contributed by atoms with Crippen LogP contribution in [0.2, 0.25) is 0 Å². The van der Waals surface area contributed by atoms with Gasteiger partial charge in [0, 0.05) is 54.6 Å². The van der Waals surface area contributed by atoms with Crippen LogP contribution in [0.4, 0.5) is 11.4 Å². The van der Waals surface area contributed by atoms with Crippen molar-refractivity contribution in [3.05, 3.63) is 73.2 Å². The number of methoxy groups -OCH3 is 2. The second-order valence-corrected chi connectivity index (χ2v) is 8.82. The van der Waals surface area contributed by atoms with Gasteiger partial charge >= 0.3 is 0 Å². The van der Waals surface area contributed by atoms with Crippen LogP contribution in [-0.2, 0) is 13.6 Å². The summed E-state index contributed by atoms with van der Waals surface area (Å²) in [6, 6.07) is 13.5. The molecule has 5 rings (SSSR count). The molecule has 10 heteroatoms. The predicted octanol–water partition coefficient (Wildman–Crippen LogP) is 3.75. The molecule has 10 nitrogen and oxygen atoms in total. The molecule has 0 spiro atoms. The van der Waals surface area contributed by atoms with Gasteiger partial charge in [0.2, 0.25) is 0 Å². The lowest BCUT2D eigenvalue weighted by Crippen LogP contribution is -2.32. The van der Waals surface area contributed by atoms with E-state index >= 15 is 0 Å². The first-order valence-electron chi connectivity index (χ1n) is 11.9. The summed E-state index contributed by atoms with van der Waals surface area (Å²) in [7, 11) is 5.20. The predicted molar refractivity (Wildman–Crippen MR) is 141 cm³/mol. The Labute approximate surface area is 214 Å². The summed E-state index contributed by atoms with van der Waals surface area (Å²) >= 11 is 0. The summed E-state index contributed by atoms with van der Waals surface area (Å²) in [6.07, 6.45) is 6.52. The van der Waals surface area contributed by atoms with E-state index in [1.54, 1.807) is 25.1 Å². The number of aliphatic hydroxyl groups is 1. The molecule has 0 aliphatic carbocycles. The van der Waals surface area contributed by atoms with Crippen molar-refractivity contribution in [2.24, 2.45) is 7.05 Å². The number of anilines is 2. The fourth-order valence-electron chi connectivity index (χ4n) is 4.24. The first kappa shape index (κ1) is 24.3. The maximum atomic E-state index is 11.1. The Balaban J connectivity index is 1.56. The van der Waals surface area contributed by atoms with Crippen LogP contribution in [0.15, 0.2) is 67.4 Å². The number of rotatable bonds is 9. The molecular formula is C27H29N7O3. The van der Waals surface area contributed by atoms with E-state index < -0.39 is 6.10 Å². The standard InChI is InChI=1S/C27H29N7O3/c1-18-29-17-30-34(18)16-22(35)15-33(21-9-23(36-3)12-24(10-21)37-4)20-5-6-25-26(11-20)31-27(13-28-25)19-7-8-32(2)14-19/h5-14,17,22,35H,15-16H2,1-4H3. The van der Waals surface area contributed by atoms with E-state index in [-0.39, 0.29) is 6.54 Å². The van der Waals surface area contributed by atoms with Crippen LogP contribution in [-0.4, -0.2) is 61.3 Å². The molecule has 0 saturated heterocycles. The van der Waals surface area contributed by atoms with Crippen molar-refractivity contribution in [3.8, 4) is 22.8 Å². The van der Waals surface area contributed by atoms with Gasteiger partial charge < -0.3 is 24.0 Å². The van der Waals surface area contributed by atoms with Crippen molar-refractivity contribution >= 4 is 22.4 Å². The van der Waals surface area contributed by atoms with Gasteiger partial charge in [-0.2, -0.15) is 5.10 Å². The summed E-state index contributed by atoms with van der Waals surface area (Å²) in [5.41, 5.74) is 4.97. The molecule has 0 bridgehead atoms. The molecule has 1 unspecified atom stereocenters. The number of hydrogen-bond donors (Lipinski definition) is 1. The SMILES string of the molecule is COc1cc(OC)cc(N(CC(O)Cn2ncnc2C)c2ccc3ncc(-c4ccn(C)c4)nc3c2)c1. The largest absolute Gasteiger partial charge is 0.497 e. The third-order valence-electron chi connectivity index (χ3n) is 6.20. The second kappa shape index (κ2) is 10.3. The van der Waals surface area contributed by atoms with Gasteiger partial charge in [-0.25, -0.2) is 14.6 Å². The van der Waals surface area contributed by atoms with Crippen LogP contribution in [0.5, 0.6) is 11.5 Å². The van der Waals surface area contributed by atoms with Crippen molar-refractivity contribution in [3.63, 3.8) is 0 Å². The lowest BCUT2D eigenvalue weighted by Gasteiger charge is -2.28. The van der Waals surface area contributed by atoms with Crippen molar-refractivity contribution in [2.45, 2.75) is 19.6 Å². The van der Waals surface area contributed by atoms with Gasteiger partial charge in [-0.1, -0.05) is 0 Å². The molecular weight excluding hydrogens is 470 g/mol. The molecule has 1 N–H and O–H groups in total. The molecule has 0 amide bonds. The van der Waals surface area contributed by atoms with Gasteiger partial charge in [0.1, 0.15) is 23.7 Å². The highest BCUT2D eigenvalue weighted by molar-refractivity contribution is 5.82. The zero-order valence-corrected chi connectivity index (χ0v) is 21.2. The molecule has 0 aliphatic rings. The molecule has 5 aromatic rings. The van der Waals surface area contributed by atoms with Crippen LogP contribution in [0.3, 0.4) is 0 Å². The topological polar surface area (TPSA) is 103 Å². The monoisotopic (exact) mass is 499 g/mol. The summed E-state index contributed by atoms with van der Waals surface area (Å²) in [5.74, 6) is 2.03. The summed E-state index contributed by atoms with van der Waals surface area (Å²) in [5, 5.41) is 15.3. The average molecular weight is 500 g/mol. The average Bonchev–Trinajstić information content (AvgIpc) is 3.53. The number of fused-ring (bicyclic) bond motifs is 1. The second-order valence-electron chi connectivity index (χ2n) is 8.82. The molecule has 2 aromatic carbocycles. The minimum Gasteiger partial charge on any atom is -0.497 e. The lowest BCUT2D eigenvalue weighted by molar-refractivity contribution is 0.156. The quantitative estimate of drug-likeness (QED) is 0.327. The van der Waals surface area contributed by atoms with Crippen LogP contribution in [0.25, 0.3) is 22.3 Å². The van der Waals surface area contributed by atoms with Gasteiger partial charge in [-0.05, 0) is 31.2 Å². The van der Waals surface area contributed by atoms with Crippen LogP contribution in [0, 0.1) is 6.92 Å². The van der Waals surface area contributed by atoms with Crippen LogP contribution < -0.4 is 14.4 Å². The van der Waals surface area contributed by atoms with Crippen LogP contribution in [0.1, 0.15) is 5.82 Å². The van der Waals surface area contributed by atoms with Gasteiger partial charge in [0.15, 0.2) is 0 Å². The first-order chi connectivity index (χ1) is 17.9. The lowest BCUT2D eigenvalue weighted by atomic mass is 10.1. The molecule has 3 aromatic heterocycles. The third-order valence-corrected chi connectivity index (χ3v) is 6.20. The van der Waals surface area contributed by atoms with Crippen molar-refractivity contribution in [1.29, 1.82) is 0 Å². The van der Waals surface area contributed by atoms with Gasteiger partial charge in [0.25, 0.3) is 0 Å². The Kier molecular flexibility index (Phi) is 6.74. The van der Waals surface area contributed by atoms with E-state index in [2.05, 4.69) is 15.1 Å². The fraction of sp³-hybridized carbons (Fsp3) is 0.259. The molecule has 37 heavy (non-hydrogen) atoms. The van der Waals surface area contributed by atoms with E-state index in [9.17, 15) is 5.11 Å². The van der Waals surface area contributed by atoms with E-state index in [0.717, 1.165) is 39.5 Å². The third kappa shape index (κ3) is 5.24. The Bertz CT molecular complexity index is 1510. The zero-order chi connectivity index (χ0) is 25.9. The number of aliphatic hydroxyl groups excluding tert-OH is 1. The molecule has 0 fully saturated rings. The van der Waals surface area contributed by atoms with Gasteiger partial charge in [-0.3, -0.25) is 4.98 Å². The van der Waals surface area contributed by atoms with Crippen molar-refractivity contribution in [2.75, 3.05) is 25.7 Å². The highest BCUT2D eigenvalue weighted by atomic mass is 16.5. The minimum atomic E-state index is -0.741. The van der Waals surface area contributed by atoms with E-state index in [4.69, 9.17) is 14.5 Å². The fourth-order valence-corrected chi connectivity index (χ4v) is 4.24. The maximum Gasteiger partial charge on any atom is 0.138 e. The Hall–Kier alpha value is -4.44. The zero-order valence-electron chi connectivity index (χ0n) is 21.2.